The van der Waals surface area contributed by atoms with Crippen LogP contribution in [-0.2, 0) is 0 Å². The fraction of sp³-hybridized carbons (Fsp3) is 0.267. The smallest absolute Gasteiger partial charge is 0.275 e. The second-order valence-corrected chi connectivity index (χ2v) is 5.23. The summed E-state index contributed by atoms with van der Waals surface area (Å²) >= 11 is 0. The maximum Gasteiger partial charge on any atom is 0.275 e. The van der Waals surface area contributed by atoms with Crippen molar-refractivity contribution in [3.8, 4) is 11.3 Å². The van der Waals surface area contributed by atoms with E-state index in [4.69, 9.17) is 0 Å². The molecule has 0 radical (unpaired) electrons. The third-order valence-electron chi connectivity index (χ3n) is 3.96. The van der Waals surface area contributed by atoms with Crippen LogP contribution in [0.4, 0.5) is 5.69 Å². The van der Waals surface area contributed by atoms with Gasteiger partial charge in [0.05, 0.1) is 34.9 Å². The maximum atomic E-state index is 12.4. The highest BCUT2D eigenvalue weighted by molar-refractivity contribution is 5.76. The largest absolute Gasteiger partial charge is 0.370 e. The van der Waals surface area contributed by atoms with Gasteiger partial charge in [0.15, 0.2) is 0 Å². The van der Waals surface area contributed by atoms with Gasteiger partial charge in [-0.1, -0.05) is 6.07 Å². The fourth-order valence-corrected chi connectivity index (χ4v) is 2.97. The molecule has 1 aliphatic heterocycles. The molecule has 0 bridgehead atoms. The zero-order valence-corrected chi connectivity index (χ0v) is 11.5. The van der Waals surface area contributed by atoms with E-state index >= 15 is 0 Å². The standard InChI is InChI=1S/C15H15N5O/c21-15-14(12-5-3-4-11-6-7-17-20(11)12)13(10-16-18-15)19-8-1-2-9-19/h3-7,10H,1-2,8-9H2,(H,18,21). The topological polar surface area (TPSA) is 66.3 Å². The van der Waals surface area contributed by atoms with Crippen molar-refractivity contribution in [1.82, 2.24) is 19.8 Å². The summed E-state index contributed by atoms with van der Waals surface area (Å²) in [5, 5.41) is 10.8. The summed E-state index contributed by atoms with van der Waals surface area (Å²) in [6, 6.07) is 7.76. The highest BCUT2D eigenvalue weighted by Crippen LogP contribution is 2.29. The predicted octanol–water partition coefficient (Wildman–Crippen LogP) is 1.68. The van der Waals surface area contributed by atoms with Crippen LogP contribution < -0.4 is 10.5 Å². The number of pyridine rings is 1. The Labute approximate surface area is 121 Å². The second-order valence-electron chi connectivity index (χ2n) is 5.23. The summed E-state index contributed by atoms with van der Waals surface area (Å²) in [6.07, 6.45) is 5.78. The number of aromatic nitrogens is 4. The summed E-state index contributed by atoms with van der Waals surface area (Å²) in [5.74, 6) is 0. The first kappa shape index (κ1) is 12.1. The molecule has 0 unspecified atom stereocenters. The molecule has 0 spiro atoms. The van der Waals surface area contributed by atoms with Crippen LogP contribution in [0.1, 0.15) is 12.8 Å². The molecule has 1 fully saturated rings. The predicted molar refractivity (Wildman–Crippen MR) is 80.5 cm³/mol. The van der Waals surface area contributed by atoms with Gasteiger partial charge in [-0.25, -0.2) is 9.61 Å². The van der Waals surface area contributed by atoms with E-state index in [0.717, 1.165) is 42.8 Å². The highest BCUT2D eigenvalue weighted by Gasteiger charge is 2.21. The third-order valence-corrected chi connectivity index (χ3v) is 3.96. The van der Waals surface area contributed by atoms with Crippen molar-refractivity contribution in [3.05, 3.63) is 47.0 Å². The SMILES string of the molecule is O=c1[nH]ncc(N2CCCC2)c1-c1cccc2ccnn12. The van der Waals surface area contributed by atoms with Gasteiger partial charge >= 0.3 is 0 Å². The molecule has 0 amide bonds. The van der Waals surface area contributed by atoms with Crippen molar-refractivity contribution < 1.29 is 0 Å². The average Bonchev–Trinajstić information content (AvgIpc) is 3.18. The van der Waals surface area contributed by atoms with Gasteiger partial charge in [0.1, 0.15) is 0 Å². The zero-order chi connectivity index (χ0) is 14.2. The first-order valence-corrected chi connectivity index (χ1v) is 7.10. The molecule has 1 saturated heterocycles. The lowest BCUT2D eigenvalue weighted by atomic mass is 10.1. The third kappa shape index (κ3) is 1.91. The van der Waals surface area contributed by atoms with E-state index < -0.39 is 0 Å². The molecule has 1 N–H and O–H groups in total. The highest BCUT2D eigenvalue weighted by atomic mass is 16.1. The average molecular weight is 281 g/mol. The number of nitrogens with one attached hydrogen (secondary N) is 1. The Hall–Kier alpha value is -2.63. The van der Waals surface area contributed by atoms with Crippen LogP contribution in [0.25, 0.3) is 16.8 Å². The summed E-state index contributed by atoms with van der Waals surface area (Å²) in [7, 11) is 0. The molecular weight excluding hydrogens is 266 g/mol. The van der Waals surface area contributed by atoms with Crippen molar-refractivity contribution in [1.29, 1.82) is 0 Å². The minimum absolute atomic E-state index is 0.178. The van der Waals surface area contributed by atoms with Crippen molar-refractivity contribution in [2.24, 2.45) is 0 Å². The molecule has 1 aliphatic rings. The van der Waals surface area contributed by atoms with Gasteiger partial charge in [-0.15, -0.1) is 0 Å². The number of rotatable bonds is 2. The Balaban J connectivity index is 1.99. The molecule has 106 valence electrons. The van der Waals surface area contributed by atoms with Crippen LogP contribution in [-0.4, -0.2) is 32.9 Å². The summed E-state index contributed by atoms with van der Waals surface area (Å²) in [5.41, 5.74) is 3.11. The number of H-pyrrole nitrogens is 1. The first-order valence-electron chi connectivity index (χ1n) is 7.10. The first-order chi connectivity index (χ1) is 10.3. The van der Waals surface area contributed by atoms with E-state index in [1.807, 2.05) is 24.3 Å². The van der Waals surface area contributed by atoms with E-state index in [9.17, 15) is 4.79 Å². The summed E-state index contributed by atoms with van der Waals surface area (Å²) in [6.45, 7) is 1.93. The van der Waals surface area contributed by atoms with E-state index in [1.54, 1.807) is 16.9 Å². The van der Waals surface area contributed by atoms with Crippen LogP contribution in [0.5, 0.6) is 0 Å². The van der Waals surface area contributed by atoms with Gasteiger partial charge < -0.3 is 4.90 Å². The lowest BCUT2D eigenvalue weighted by molar-refractivity contribution is 0.909. The molecule has 4 rings (SSSR count). The number of hydrogen-bond acceptors (Lipinski definition) is 4. The molecule has 21 heavy (non-hydrogen) atoms. The Kier molecular flexibility index (Phi) is 2.73. The second kappa shape index (κ2) is 4.73. The van der Waals surface area contributed by atoms with Crippen LogP contribution in [0, 0.1) is 0 Å². The lowest BCUT2D eigenvalue weighted by Gasteiger charge is -2.20. The Morgan fingerprint density at radius 2 is 2.00 bits per heavy atom. The van der Waals surface area contributed by atoms with Gasteiger partial charge in [-0.3, -0.25) is 4.79 Å². The molecule has 0 saturated carbocycles. The molecule has 0 atom stereocenters. The number of hydrogen-bond donors (Lipinski definition) is 1. The Morgan fingerprint density at radius 1 is 1.14 bits per heavy atom. The van der Waals surface area contributed by atoms with Crippen molar-refractivity contribution in [2.75, 3.05) is 18.0 Å². The van der Waals surface area contributed by atoms with Crippen molar-refractivity contribution in [2.45, 2.75) is 12.8 Å². The number of fused-ring (bicyclic) bond motifs is 1. The van der Waals surface area contributed by atoms with Gasteiger partial charge in [-0.2, -0.15) is 10.2 Å². The van der Waals surface area contributed by atoms with Crippen LogP contribution in [0.15, 0.2) is 41.5 Å². The monoisotopic (exact) mass is 281 g/mol. The molecule has 6 heteroatoms. The van der Waals surface area contributed by atoms with Crippen LogP contribution in [0.3, 0.4) is 0 Å². The zero-order valence-electron chi connectivity index (χ0n) is 11.5. The quantitative estimate of drug-likeness (QED) is 0.776. The van der Waals surface area contributed by atoms with Gasteiger partial charge in [0, 0.05) is 13.1 Å². The number of anilines is 1. The maximum absolute atomic E-state index is 12.4. The van der Waals surface area contributed by atoms with E-state index in [0.29, 0.717) is 5.56 Å². The minimum atomic E-state index is -0.178. The van der Waals surface area contributed by atoms with E-state index in [2.05, 4.69) is 20.2 Å². The molecule has 6 nitrogen and oxygen atoms in total. The summed E-state index contributed by atoms with van der Waals surface area (Å²) in [4.78, 5) is 14.6. The van der Waals surface area contributed by atoms with Gasteiger partial charge in [0.2, 0.25) is 0 Å². The van der Waals surface area contributed by atoms with E-state index in [-0.39, 0.29) is 5.56 Å². The molecule has 3 aromatic rings. The van der Waals surface area contributed by atoms with Crippen molar-refractivity contribution in [3.63, 3.8) is 0 Å². The Morgan fingerprint density at radius 3 is 2.86 bits per heavy atom. The molecule has 0 aliphatic carbocycles. The van der Waals surface area contributed by atoms with Crippen LogP contribution in [0.2, 0.25) is 0 Å². The van der Waals surface area contributed by atoms with Crippen LogP contribution >= 0.6 is 0 Å². The van der Waals surface area contributed by atoms with E-state index in [1.165, 1.54) is 0 Å². The summed E-state index contributed by atoms with van der Waals surface area (Å²) < 4.78 is 1.80. The normalized spacial score (nSPS) is 15.0. The Bertz CT molecular complexity index is 844. The van der Waals surface area contributed by atoms with Gasteiger partial charge in [-0.05, 0) is 31.0 Å². The molecule has 3 aromatic heterocycles. The lowest BCUT2D eigenvalue weighted by Crippen LogP contribution is -2.24. The van der Waals surface area contributed by atoms with Gasteiger partial charge in [0.25, 0.3) is 5.56 Å². The molecule has 0 aromatic carbocycles. The number of aromatic amines is 1. The number of nitrogens with zero attached hydrogens (tertiary/aromatic N) is 4. The van der Waals surface area contributed by atoms with Crippen molar-refractivity contribution >= 4 is 11.2 Å². The molecular formula is C15H15N5O. The fourth-order valence-electron chi connectivity index (χ4n) is 2.97. The molecule has 4 heterocycles. The minimum Gasteiger partial charge on any atom is -0.370 e.